The van der Waals surface area contributed by atoms with Crippen LogP contribution in [0.4, 0.5) is 10.1 Å². The number of nitrogens with one attached hydrogen (secondary N) is 1. The predicted molar refractivity (Wildman–Crippen MR) is 144 cm³/mol. The maximum Gasteiger partial charge on any atom is 0.262 e. The molecule has 5 rings (SSSR count). The van der Waals surface area contributed by atoms with Crippen molar-refractivity contribution in [3.8, 4) is 5.75 Å². The van der Waals surface area contributed by atoms with Gasteiger partial charge in [-0.2, -0.15) is 10.1 Å². The molecule has 2 atom stereocenters. The van der Waals surface area contributed by atoms with Gasteiger partial charge in [0.2, 0.25) is 5.91 Å². The van der Waals surface area contributed by atoms with Crippen LogP contribution in [0.5, 0.6) is 5.75 Å². The van der Waals surface area contributed by atoms with Gasteiger partial charge in [0, 0.05) is 23.6 Å². The van der Waals surface area contributed by atoms with Crippen LogP contribution < -0.4 is 10.1 Å². The van der Waals surface area contributed by atoms with Crippen molar-refractivity contribution in [3.63, 3.8) is 0 Å². The largest absolute Gasteiger partial charge is 0.497 e. The molecule has 37 heavy (non-hydrogen) atoms. The number of amidine groups is 1. The summed E-state index contributed by atoms with van der Waals surface area (Å²) in [6.07, 6.45) is 0.475. The number of hydrogen-bond donors (Lipinski definition) is 1. The van der Waals surface area contributed by atoms with E-state index in [0.29, 0.717) is 22.3 Å². The molecule has 188 valence electrons. The van der Waals surface area contributed by atoms with Crippen LogP contribution in [-0.2, 0) is 9.59 Å². The summed E-state index contributed by atoms with van der Waals surface area (Å²) in [6, 6.07) is 20.5. The molecule has 0 radical (unpaired) electrons. The van der Waals surface area contributed by atoms with E-state index in [2.05, 4.69) is 10.3 Å². The standard InChI is InChI=1S/C27H22ClFN4O3S/c1-36-21-10-8-16(9-11-21)22-14-23(17-4-2-5-18(28)12-17)33(32-22)27-31-26(35)24(37-27)15-25(34)30-20-7-3-6-19(29)13-20/h2-13,23-24H,14-15H2,1H3,(H,30,34)/t23-,24-/m1/s1. The number of hydrogen-bond acceptors (Lipinski definition) is 6. The molecule has 0 aliphatic carbocycles. The minimum atomic E-state index is -0.705. The minimum Gasteiger partial charge on any atom is -0.497 e. The molecule has 10 heteroatoms. The second-order valence-corrected chi connectivity index (χ2v) is 10.1. The van der Waals surface area contributed by atoms with Gasteiger partial charge in [-0.1, -0.05) is 41.6 Å². The summed E-state index contributed by atoms with van der Waals surface area (Å²) in [7, 11) is 1.61. The number of carbonyl (C=O) groups is 2. The Kier molecular flexibility index (Phi) is 7.25. The first-order valence-electron chi connectivity index (χ1n) is 11.5. The summed E-state index contributed by atoms with van der Waals surface area (Å²) < 4.78 is 18.7. The van der Waals surface area contributed by atoms with Crippen molar-refractivity contribution < 1.29 is 18.7 Å². The van der Waals surface area contributed by atoms with Gasteiger partial charge in [0.1, 0.15) is 16.8 Å². The Labute approximate surface area is 222 Å². The number of aliphatic imine (C=N–C) groups is 1. The smallest absolute Gasteiger partial charge is 0.262 e. The number of anilines is 1. The Bertz CT molecular complexity index is 1410. The molecule has 0 fully saturated rings. The van der Waals surface area contributed by atoms with Crippen LogP contribution in [-0.4, -0.2) is 40.1 Å². The summed E-state index contributed by atoms with van der Waals surface area (Å²) in [5, 5.41) is 9.51. The topological polar surface area (TPSA) is 83.4 Å². The molecule has 0 aromatic heterocycles. The Hall–Kier alpha value is -3.69. The number of halogens is 2. The average Bonchev–Trinajstić information content (AvgIpc) is 3.48. The molecular formula is C27H22ClFN4O3S. The van der Waals surface area contributed by atoms with Gasteiger partial charge in [-0.15, -0.1) is 0 Å². The van der Waals surface area contributed by atoms with Gasteiger partial charge in [0.05, 0.1) is 18.9 Å². The molecule has 0 bridgehead atoms. The molecule has 0 unspecified atom stereocenters. The number of nitrogens with zero attached hydrogens (tertiary/aromatic N) is 3. The molecule has 2 aliphatic heterocycles. The number of benzene rings is 3. The van der Waals surface area contributed by atoms with Crippen molar-refractivity contribution in [3.05, 3.63) is 94.8 Å². The van der Waals surface area contributed by atoms with E-state index in [1.807, 2.05) is 42.5 Å². The molecule has 2 amide bonds. The highest BCUT2D eigenvalue weighted by atomic mass is 35.5. The van der Waals surface area contributed by atoms with Gasteiger partial charge in [-0.05, 0) is 65.7 Å². The predicted octanol–water partition coefficient (Wildman–Crippen LogP) is 5.67. The second-order valence-electron chi connectivity index (χ2n) is 8.50. The van der Waals surface area contributed by atoms with E-state index in [1.165, 1.54) is 30.0 Å². The van der Waals surface area contributed by atoms with Crippen LogP contribution in [0, 0.1) is 5.82 Å². The number of hydrazone groups is 1. The average molecular weight is 537 g/mol. The molecular weight excluding hydrogens is 515 g/mol. The Balaban J connectivity index is 1.36. The van der Waals surface area contributed by atoms with Crippen LogP contribution in [0.25, 0.3) is 0 Å². The molecule has 0 spiro atoms. The third kappa shape index (κ3) is 5.68. The third-order valence-corrected chi connectivity index (χ3v) is 7.35. The van der Waals surface area contributed by atoms with E-state index in [9.17, 15) is 14.0 Å². The zero-order chi connectivity index (χ0) is 25.9. The van der Waals surface area contributed by atoms with E-state index >= 15 is 0 Å². The number of ether oxygens (including phenoxy) is 1. The first-order chi connectivity index (χ1) is 17.9. The second kappa shape index (κ2) is 10.7. The lowest BCUT2D eigenvalue weighted by Crippen LogP contribution is -2.25. The fraction of sp³-hybridized carbons (Fsp3) is 0.185. The normalized spacial score (nSPS) is 19.0. The van der Waals surface area contributed by atoms with Crippen molar-refractivity contribution in [2.24, 2.45) is 10.1 Å². The van der Waals surface area contributed by atoms with E-state index < -0.39 is 22.9 Å². The first kappa shape index (κ1) is 25.0. The molecule has 1 N–H and O–H groups in total. The highest BCUT2D eigenvalue weighted by Gasteiger charge is 2.39. The van der Waals surface area contributed by atoms with E-state index in [0.717, 1.165) is 22.6 Å². The summed E-state index contributed by atoms with van der Waals surface area (Å²) in [4.78, 5) is 29.5. The highest BCUT2D eigenvalue weighted by molar-refractivity contribution is 8.15. The molecule has 7 nitrogen and oxygen atoms in total. The Morgan fingerprint density at radius 3 is 2.68 bits per heavy atom. The highest BCUT2D eigenvalue weighted by Crippen LogP contribution is 2.39. The van der Waals surface area contributed by atoms with Gasteiger partial charge in [-0.25, -0.2) is 9.40 Å². The van der Waals surface area contributed by atoms with E-state index in [1.54, 1.807) is 24.3 Å². The Morgan fingerprint density at radius 1 is 1.16 bits per heavy atom. The van der Waals surface area contributed by atoms with E-state index in [-0.39, 0.29) is 12.5 Å². The molecule has 3 aromatic rings. The number of thioether (sulfide) groups is 1. The summed E-state index contributed by atoms with van der Waals surface area (Å²) >= 11 is 7.47. The van der Waals surface area contributed by atoms with Crippen LogP contribution in [0.3, 0.4) is 0 Å². The third-order valence-electron chi connectivity index (χ3n) is 5.97. The zero-order valence-electron chi connectivity index (χ0n) is 19.7. The van der Waals surface area contributed by atoms with Gasteiger partial charge >= 0.3 is 0 Å². The summed E-state index contributed by atoms with van der Waals surface area (Å²) in [5.74, 6) is -0.525. The lowest BCUT2D eigenvalue weighted by molar-refractivity contribution is -0.121. The van der Waals surface area contributed by atoms with Crippen molar-refractivity contribution in [1.29, 1.82) is 0 Å². The maximum atomic E-state index is 13.4. The Morgan fingerprint density at radius 2 is 1.95 bits per heavy atom. The van der Waals surface area contributed by atoms with E-state index in [4.69, 9.17) is 21.4 Å². The summed E-state index contributed by atoms with van der Waals surface area (Å²) in [6.45, 7) is 0. The van der Waals surface area contributed by atoms with Crippen molar-refractivity contribution >= 4 is 51.7 Å². The lowest BCUT2D eigenvalue weighted by Gasteiger charge is -2.23. The first-order valence-corrected chi connectivity index (χ1v) is 12.8. The van der Waals surface area contributed by atoms with Crippen LogP contribution in [0.15, 0.2) is 82.9 Å². The van der Waals surface area contributed by atoms with Crippen molar-refractivity contribution in [2.75, 3.05) is 12.4 Å². The van der Waals surface area contributed by atoms with Crippen LogP contribution in [0.1, 0.15) is 30.0 Å². The summed E-state index contributed by atoms with van der Waals surface area (Å²) in [5.41, 5.74) is 3.02. The fourth-order valence-corrected chi connectivity index (χ4v) is 5.43. The minimum absolute atomic E-state index is 0.0995. The van der Waals surface area contributed by atoms with Gasteiger partial charge < -0.3 is 10.1 Å². The number of amides is 2. The fourth-order valence-electron chi connectivity index (χ4n) is 4.17. The SMILES string of the molecule is COc1ccc(C2=NN(C3=NC(=O)[C@@H](CC(=O)Nc4cccc(F)c4)S3)[C@@H](c3cccc(Cl)c3)C2)cc1. The van der Waals surface area contributed by atoms with Crippen LogP contribution >= 0.6 is 23.4 Å². The lowest BCUT2D eigenvalue weighted by atomic mass is 9.98. The van der Waals surface area contributed by atoms with Gasteiger partial charge in [0.15, 0.2) is 5.17 Å². The monoisotopic (exact) mass is 536 g/mol. The quantitative estimate of drug-likeness (QED) is 0.439. The molecule has 2 aliphatic rings. The molecule has 0 saturated heterocycles. The zero-order valence-corrected chi connectivity index (χ0v) is 21.3. The molecule has 0 saturated carbocycles. The van der Waals surface area contributed by atoms with Crippen molar-refractivity contribution in [1.82, 2.24) is 5.01 Å². The number of carbonyl (C=O) groups excluding carboxylic acids is 2. The maximum absolute atomic E-state index is 13.4. The van der Waals surface area contributed by atoms with Crippen LogP contribution in [0.2, 0.25) is 5.02 Å². The number of methoxy groups -OCH3 is 1. The molecule has 3 aromatic carbocycles. The van der Waals surface area contributed by atoms with Gasteiger partial charge in [0.25, 0.3) is 5.91 Å². The van der Waals surface area contributed by atoms with Gasteiger partial charge in [-0.3, -0.25) is 9.59 Å². The number of rotatable bonds is 6. The van der Waals surface area contributed by atoms with Crippen molar-refractivity contribution in [2.45, 2.75) is 24.1 Å². The molecule has 2 heterocycles.